The van der Waals surface area contributed by atoms with E-state index in [1.807, 2.05) is 19.0 Å². The van der Waals surface area contributed by atoms with Crippen molar-refractivity contribution < 1.29 is 18.3 Å². The van der Waals surface area contributed by atoms with E-state index in [2.05, 4.69) is 4.98 Å². The van der Waals surface area contributed by atoms with E-state index in [9.17, 15) is 23.1 Å². The maximum atomic E-state index is 12.7. The molecule has 128 valence electrons. The largest absolute Gasteiger partial charge is 0.507 e. The van der Waals surface area contributed by atoms with Gasteiger partial charge in [-0.15, -0.1) is 0 Å². The average molecular weight is 343 g/mol. The smallest absolute Gasteiger partial charge is 0.259 e. The summed E-state index contributed by atoms with van der Waals surface area (Å²) in [7, 11) is 0.566. The van der Waals surface area contributed by atoms with Crippen molar-refractivity contribution in [2.45, 2.75) is 12.5 Å². The lowest BCUT2D eigenvalue weighted by Gasteiger charge is -2.29. The molecule has 1 fully saturated rings. The lowest BCUT2D eigenvalue weighted by molar-refractivity contribution is 0.0680. The van der Waals surface area contributed by atoms with Crippen molar-refractivity contribution in [1.82, 2.24) is 14.8 Å². The van der Waals surface area contributed by atoms with Crippen LogP contribution in [0, 0.1) is 0 Å². The van der Waals surface area contributed by atoms with Gasteiger partial charge in [0.2, 0.25) is 0 Å². The second kappa shape index (κ2) is 6.71. The van der Waals surface area contributed by atoms with Crippen LogP contribution >= 0.6 is 0 Å². The summed E-state index contributed by atoms with van der Waals surface area (Å²) < 4.78 is 23.4. The molecular weight excluding hydrogens is 322 g/mol. The lowest BCUT2D eigenvalue weighted by atomic mass is 10.1. The van der Waals surface area contributed by atoms with E-state index in [-0.39, 0.29) is 17.1 Å². The summed E-state index contributed by atoms with van der Waals surface area (Å²) in [5.41, 5.74) is -0.546. The zero-order chi connectivity index (χ0) is 17.2. The van der Waals surface area contributed by atoms with Crippen molar-refractivity contribution in [3.05, 3.63) is 28.2 Å². The number of rotatable bonds is 5. The molecule has 1 atom stereocenters. The molecule has 0 aliphatic carbocycles. The number of carbonyl (C=O) groups excluding carboxylic acids is 1. The lowest BCUT2D eigenvalue weighted by Crippen LogP contribution is -2.44. The highest BCUT2D eigenvalue weighted by Gasteiger charge is 2.35. The van der Waals surface area contributed by atoms with Gasteiger partial charge in [-0.1, -0.05) is 0 Å². The van der Waals surface area contributed by atoms with Gasteiger partial charge in [0.05, 0.1) is 17.1 Å². The van der Waals surface area contributed by atoms with Crippen LogP contribution in [0.1, 0.15) is 16.8 Å². The number of aromatic hydroxyl groups is 1. The number of nitrogens with zero attached hydrogens (tertiary/aromatic N) is 2. The number of hydrogen-bond acceptors (Lipinski definition) is 6. The molecule has 0 spiro atoms. The minimum absolute atomic E-state index is 0.0346. The molecule has 23 heavy (non-hydrogen) atoms. The Morgan fingerprint density at radius 1 is 1.39 bits per heavy atom. The maximum absolute atomic E-state index is 12.7. The molecule has 1 amide bonds. The summed E-state index contributed by atoms with van der Waals surface area (Å²) in [5, 5.41) is 9.84. The van der Waals surface area contributed by atoms with Crippen LogP contribution in [0.4, 0.5) is 0 Å². The molecule has 1 aliphatic heterocycles. The summed E-state index contributed by atoms with van der Waals surface area (Å²) in [6.45, 7) is 0.900. The van der Waals surface area contributed by atoms with E-state index in [0.29, 0.717) is 19.5 Å². The van der Waals surface area contributed by atoms with Gasteiger partial charge in [0, 0.05) is 31.4 Å². The first-order valence-electron chi connectivity index (χ1n) is 7.27. The third-order valence-corrected chi connectivity index (χ3v) is 5.58. The van der Waals surface area contributed by atoms with Crippen LogP contribution in [0.3, 0.4) is 0 Å². The number of pyridine rings is 1. The fraction of sp³-hybridized carbons (Fsp3) is 0.571. The molecule has 1 aliphatic rings. The second-order valence-electron chi connectivity index (χ2n) is 5.95. The zero-order valence-corrected chi connectivity index (χ0v) is 14.0. The Kier molecular flexibility index (Phi) is 5.10. The standard InChI is InChI=1S/C14H21N3O5S/c1-16(2)4-5-17(10-3-6-23(21,22)9-10)14(20)11-8-15-13(19)7-12(11)18/h7-8,10H,3-6,9H2,1-2H3,(H2,15,18,19). The van der Waals surface area contributed by atoms with Crippen LogP contribution in [-0.4, -0.2) is 78.9 Å². The molecule has 1 aromatic heterocycles. The number of aromatic nitrogens is 1. The monoisotopic (exact) mass is 343 g/mol. The van der Waals surface area contributed by atoms with Crippen LogP contribution in [0.25, 0.3) is 0 Å². The Hall–Kier alpha value is -1.87. The number of amides is 1. The zero-order valence-electron chi connectivity index (χ0n) is 13.2. The summed E-state index contributed by atoms with van der Waals surface area (Å²) in [6, 6.07) is 0.515. The number of H-pyrrole nitrogens is 1. The van der Waals surface area contributed by atoms with Crippen molar-refractivity contribution in [2.24, 2.45) is 0 Å². The van der Waals surface area contributed by atoms with Gasteiger partial charge in [0.15, 0.2) is 9.84 Å². The van der Waals surface area contributed by atoms with Crippen molar-refractivity contribution in [1.29, 1.82) is 0 Å². The minimum Gasteiger partial charge on any atom is -0.507 e. The Morgan fingerprint density at radius 2 is 2.09 bits per heavy atom. The topological polar surface area (TPSA) is 111 Å². The van der Waals surface area contributed by atoms with Gasteiger partial charge < -0.3 is 19.9 Å². The fourth-order valence-electron chi connectivity index (χ4n) is 2.57. The summed E-state index contributed by atoms with van der Waals surface area (Å²) in [6.07, 6.45) is 1.54. The number of likely N-dealkylation sites (N-methyl/N-ethyl adjacent to an activating group) is 1. The Bertz CT molecular complexity index is 741. The van der Waals surface area contributed by atoms with Gasteiger partial charge in [-0.05, 0) is 20.5 Å². The fourth-order valence-corrected chi connectivity index (χ4v) is 4.30. The summed E-state index contributed by atoms with van der Waals surface area (Å²) in [5.74, 6) is -0.908. The summed E-state index contributed by atoms with van der Waals surface area (Å²) >= 11 is 0. The van der Waals surface area contributed by atoms with Gasteiger partial charge in [-0.3, -0.25) is 9.59 Å². The van der Waals surface area contributed by atoms with E-state index >= 15 is 0 Å². The van der Waals surface area contributed by atoms with Gasteiger partial charge in [-0.2, -0.15) is 0 Å². The third kappa shape index (κ3) is 4.32. The first kappa shape index (κ1) is 17.5. The number of nitrogens with one attached hydrogen (secondary N) is 1. The highest BCUT2D eigenvalue weighted by atomic mass is 32.2. The van der Waals surface area contributed by atoms with E-state index in [4.69, 9.17) is 0 Å². The van der Waals surface area contributed by atoms with Crippen molar-refractivity contribution >= 4 is 15.7 Å². The van der Waals surface area contributed by atoms with Crippen LogP contribution < -0.4 is 5.56 Å². The molecule has 0 saturated carbocycles. The first-order chi connectivity index (χ1) is 10.7. The Morgan fingerprint density at radius 3 is 2.61 bits per heavy atom. The molecule has 0 bridgehead atoms. The van der Waals surface area contributed by atoms with Crippen molar-refractivity contribution in [2.75, 3.05) is 38.7 Å². The van der Waals surface area contributed by atoms with Gasteiger partial charge in [0.25, 0.3) is 11.5 Å². The van der Waals surface area contributed by atoms with Crippen molar-refractivity contribution in [3.63, 3.8) is 0 Å². The quantitative estimate of drug-likeness (QED) is 0.729. The van der Waals surface area contributed by atoms with E-state index in [1.54, 1.807) is 0 Å². The van der Waals surface area contributed by atoms with Gasteiger partial charge in [0.1, 0.15) is 5.75 Å². The van der Waals surface area contributed by atoms with Crippen LogP contribution in [-0.2, 0) is 9.84 Å². The van der Waals surface area contributed by atoms with E-state index in [1.165, 1.54) is 4.90 Å². The first-order valence-corrected chi connectivity index (χ1v) is 9.09. The molecule has 9 heteroatoms. The molecule has 2 rings (SSSR count). The minimum atomic E-state index is -3.14. The number of aromatic amines is 1. The molecule has 1 aromatic rings. The van der Waals surface area contributed by atoms with Gasteiger partial charge in [-0.25, -0.2) is 8.42 Å². The normalized spacial score (nSPS) is 19.9. The number of hydrogen-bond donors (Lipinski definition) is 2. The molecule has 2 heterocycles. The second-order valence-corrected chi connectivity index (χ2v) is 8.18. The summed E-state index contributed by atoms with van der Waals surface area (Å²) in [4.78, 5) is 29.6. The molecule has 1 saturated heterocycles. The molecule has 2 N–H and O–H groups in total. The van der Waals surface area contributed by atoms with E-state index < -0.39 is 33.1 Å². The van der Waals surface area contributed by atoms with Crippen molar-refractivity contribution in [3.8, 4) is 5.75 Å². The number of carbonyl (C=O) groups is 1. The predicted octanol–water partition coefficient (Wildman–Crippen LogP) is -0.729. The highest BCUT2D eigenvalue weighted by molar-refractivity contribution is 7.91. The maximum Gasteiger partial charge on any atom is 0.259 e. The SMILES string of the molecule is CN(C)CCN(C(=O)c1c[nH]c(=O)cc1O)C1CCS(=O)(=O)C1. The molecule has 8 nitrogen and oxygen atoms in total. The van der Waals surface area contributed by atoms with E-state index in [0.717, 1.165) is 12.3 Å². The number of sulfone groups is 1. The van der Waals surface area contributed by atoms with Crippen LogP contribution in [0.5, 0.6) is 5.75 Å². The third-order valence-electron chi connectivity index (χ3n) is 3.83. The van der Waals surface area contributed by atoms with Gasteiger partial charge >= 0.3 is 0 Å². The molecular formula is C14H21N3O5S. The highest BCUT2D eigenvalue weighted by Crippen LogP contribution is 2.22. The molecule has 0 radical (unpaired) electrons. The molecule has 1 unspecified atom stereocenters. The molecule has 0 aromatic carbocycles. The van der Waals surface area contributed by atoms with Crippen LogP contribution in [0.2, 0.25) is 0 Å². The Labute approximate surface area is 134 Å². The van der Waals surface area contributed by atoms with Crippen LogP contribution in [0.15, 0.2) is 17.1 Å². The average Bonchev–Trinajstić information content (AvgIpc) is 2.78. The predicted molar refractivity (Wildman–Crippen MR) is 85.4 cm³/mol. The Balaban J connectivity index is 2.28.